The number of rotatable bonds is 18. The third kappa shape index (κ3) is 60.7. The van der Waals surface area contributed by atoms with Crippen molar-refractivity contribution in [2.75, 3.05) is 6.61 Å². The van der Waals surface area contributed by atoms with Gasteiger partial charge in [0.25, 0.3) is 0 Å². The van der Waals surface area contributed by atoms with E-state index in [0.717, 1.165) is 0 Å². The van der Waals surface area contributed by atoms with Gasteiger partial charge >= 0.3 is 302 Å². The first kappa shape index (κ1) is 131. The summed E-state index contributed by atoms with van der Waals surface area (Å²) in [4.78, 5) is 28.6. The van der Waals surface area contributed by atoms with Gasteiger partial charge in [0.15, 0.2) is 45.6 Å². The first-order valence-corrected chi connectivity index (χ1v) is 32.7. The molecule has 0 spiro atoms. The fourth-order valence-corrected chi connectivity index (χ4v) is 8.77. The van der Waals surface area contributed by atoms with E-state index >= 15 is 0 Å². The van der Waals surface area contributed by atoms with Gasteiger partial charge in [0, 0.05) is 6.29 Å². The molecule has 52 nitrogen and oxygen atoms in total. The fourth-order valence-electron chi connectivity index (χ4n) is 6.89. The van der Waals surface area contributed by atoms with E-state index in [-0.39, 0.29) is 302 Å². The smallest absolute Gasteiger partial charge is 0.743 e. The Morgan fingerprint density at radius 2 is 0.900 bits per heavy atom. The summed E-state index contributed by atoms with van der Waals surface area (Å²) in [6.45, 7) is 6.26. The Balaban J connectivity index is -0.000000231. The Hall–Kier alpha value is 7.17. The number of hydrogen-bond acceptors (Lipinski definition) is 46. The third-order valence-electron chi connectivity index (χ3n) is 9.84. The molecule has 0 aromatic heterocycles. The number of nitrogens with one attached hydrogen (secondary N) is 3. The number of carboxylic acids is 1. The normalized spacial score (nSPS) is 32.3. The first-order chi connectivity index (χ1) is 40.1. The Labute approximate surface area is 790 Å². The second-order valence-electron chi connectivity index (χ2n) is 16.5. The summed E-state index contributed by atoms with van der Waals surface area (Å²) in [7, 11) is -41.6. The molecule has 9 unspecified atom stereocenters. The Morgan fingerprint density at radius 3 is 1.29 bits per heavy atom. The van der Waals surface area contributed by atoms with Gasteiger partial charge in [-0.3, -0.25) is 28.4 Å². The summed E-state index contributed by atoms with van der Waals surface area (Å²) >= 11 is 0. The van der Waals surface area contributed by atoms with Crippen LogP contribution in [0, 0.1) is 38.1 Å². The van der Waals surface area contributed by atoms with E-state index in [0.29, 0.717) is 19.4 Å². The number of carbonyl (C=O) groups excluding carboxylic acids is 3. The minimum Gasteiger partial charge on any atom is -0.743 e. The summed E-state index contributed by atoms with van der Waals surface area (Å²) in [5.41, 5.74) is 0. The molecule has 5 saturated heterocycles. The van der Waals surface area contributed by atoms with E-state index in [2.05, 4.69) is 22.2 Å². The fraction of sp³-hybridized carbons (Fsp3) is 0.767. The van der Waals surface area contributed by atoms with Crippen LogP contribution in [0.2, 0.25) is 0 Å². The van der Waals surface area contributed by atoms with Crippen molar-refractivity contribution in [2.45, 2.75) is 135 Å². The van der Waals surface area contributed by atoms with Crippen LogP contribution in [0.1, 0.15) is 0 Å². The molecule has 5 aliphatic heterocycles. The van der Waals surface area contributed by atoms with Gasteiger partial charge in [-0.1, -0.05) is 12.2 Å². The van der Waals surface area contributed by atoms with Gasteiger partial charge in [0.1, 0.15) is 42.9 Å². The van der Waals surface area contributed by atoms with E-state index in [4.69, 9.17) is 123 Å². The van der Waals surface area contributed by atoms with E-state index < -0.39 is 231 Å². The molecule has 0 amide bonds. The molecule has 0 aliphatic carbocycles. The van der Waals surface area contributed by atoms with E-state index in [9.17, 15) is 97.5 Å². The molecule has 14 N–H and O–H groups in total. The van der Waals surface area contributed by atoms with Crippen LogP contribution in [0.4, 0.5) is 0 Å². The molecule has 0 saturated carbocycles. The second-order valence-corrected chi connectivity index (χ2v) is 24.3. The van der Waals surface area contributed by atoms with Crippen molar-refractivity contribution >= 4 is 95.0 Å². The summed E-state index contributed by atoms with van der Waals surface area (Å²) in [6.07, 6.45) is -41.6. The van der Waals surface area contributed by atoms with Crippen molar-refractivity contribution in [3.05, 3.63) is 33.3 Å². The molecule has 23 atom stereocenters. The molecule has 5 fully saturated rings. The summed E-state index contributed by atoms with van der Waals surface area (Å²) in [6, 6.07) is -4.18. The summed E-state index contributed by atoms with van der Waals surface area (Å²) in [5.74, 6) is -2.35. The zero-order valence-electron chi connectivity index (χ0n) is 52.8. The first-order valence-electron chi connectivity index (χ1n) is 21.7. The molecule has 536 valence electrons. The maximum absolute atomic E-state index is 12.4. The van der Waals surface area contributed by atoms with Crippen molar-refractivity contribution in [3.63, 3.8) is 0 Å². The molecule has 5 rings (SSSR count). The summed E-state index contributed by atoms with van der Waals surface area (Å²) < 4.78 is 326. The predicted molar refractivity (Wildman–Crippen MR) is 246 cm³/mol. The molecule has 0 aromatic carbocycles. The van der Waals surface area contributed by atoms with Gasteiger partial charge in [-0.2, -0.15) is 16.2 Å². The molecule has 0 bridgehead atoms. The molecular weight excluding hydrogens is 1670 g/mol. The number of aliphatic carboxylic acids is 1. The minimum atomic E-state index is -5.99. The average Bonchev–Trinajstić information content (AvgIpc) is 0.778. The monoisotopic (exact) mass is 1720 g/mol. The SMILES string of the molecule is N=S(=O)([O-])O.O=C=O.O=S(=O)([O-])O.O=S(=O)([O-])O.O=S(=O)([O-])O.[CH2-]C1O[C@H](O[C@@H]2C(C(=O)[O-])O[C@@H](O[C@@H]3C(COS(=O)(=O)[O-])O[C@H](O)[CH-][C@H]3O)C(OS(=O)(=O)[O-])[C@H]2O)C(NS(=O)(=O)[O-])[CH-][C@@H]1O[C@@H]1O[CH-][C@@H](O[C@H]2OC([CH2-])[C@@H](O)[C@H](O)C2NS(=O)(=O)[O-])[C@H](O)C1O.[Na+].[Na+].[Na+].[Na+].[Na+].[Na+].[Na+].[Na+].[Na+].[Na+]. The van der Waals surface area contributed by atoms with E-state index in [1.165, 1.54) is 9.44 Å². The molecular formula is C30H45N3Na10O49S8-4. The van der Waals surface area contributed by atoms with Gasteiger partial charge in [-0.05, 0) is 24.4 Å². The molecule has 0 radical (unpaired) electrons. The van der Waals surface area contributed by atoms with Crippen molar-refractivity contribution in [2.24, 2.45) is 0 Å². The van der Waals surface area contributed by atoms with Crippen LogP contribution in [-0.2, 0) is 148 Å². The van der Waals surface area contributed by atoms with Crippen molar-refractivity contribution in [1.29, 1.82) is 4.78 Å². The van der Waals surface area contributed by atoms with Crippen LogP contribution in [0.5, 0.6) is 0 Å². The number of hydrogen-bond donors (Lipinski definition) is 14. The van der Waals surface area contributed by atoms with Crippen molar-refractivity contribution < 1.29 is 520 Å². The quantitative estimate of drug-likeness (QED) is 0.0262. The maximum atomic E-state index is 12.4. The number of carbonyl (C=O) groups is 1. The van der Waals surface area contributed by atoms with Crippen LogP contribution in [0.3, 0.4) is 0 Å². The van der Waals surface area contributed by atoms with E-state index in [1.54, 1.807) is 0 Å². The zero-order valence-corrected chi connectivity index (χ0v) is 79.3. The molecule has 100 heavy (non-hydrogen) atoms. The molecule has 5 aliphatic rings. The number of carboxylic acid groups (broad SMARTS) is 1. The van der Waals surface area contributed by atoms with E-state index in [1.807, 2.05) is 0 Å². The van der Waals surface area contributed by atoms with Gasteiger partial charge < -0.3 is 143 Å². The Bertz CT molecular complexity index is 3140. The molecule has 5 heterocycles. The van der Waals surface area contributed by atoms with Gasteiger partial charge in [-0.15, -0.1) is 0 Å². The standard InChI is InChI=1S/C29H45N2O32S4.CO2.H3NO3S.10Na.3H2O4S/c1-7-11(58-28-19(37)17(35)12(5-53-28)59-27-15(31-65(44,45)46)18(36)16(34)8(2)56-27)3-9(30-64(41,42)43)26(55-7)61-22-20(38)23(63-67(50,51)52)29(62-24(22)25(39)40)60-21-10(32)4-14(33)57-13(21)6-54-66(47,48)49;2-1-3;1-5(2,3)4;;;;;;;;;;;3*1-5(2,3)4/h3-5,7-24,26-38H,1-2,6H2,(H,39,40)(H,41,42,43)(H,44,45,46)(H,47,48,49)(H,50,51,52);;(H3,1,2,3,4);;;;;;;;;;;3*(H2,1,2,3,4)/q-5;;;10*+1;;;/p-9/t7?,8?,9?,10-,11+,12-,13?,14+,15?,16-,17+,18-,19?,20+,21+,22+,23?,24?,26-,27-,28+,29-;;;;;;;;;;;;;;;/m1.............../s1. The largest absolute Gasteiger partial charge is 1.00 e. The number of ether oxygens (including phenoxy) is 9. The average molecular weight is 1720 g/mol. The predicted octanol–water partition coefficient (Wildman–Crippen LogP) is -45.8. The van der Waals surface area contributed by atoms with Crippen LogP contribution >= 0.6 is 0 Å². The van der Waals surface area contributed by atoms with Crippen LogP contribution in [0.15, 0.2) is 0 Å². The number of aliphatic hydroxyl groups is 7. The Kier molecular flexibility index (Phi) is 75.9. The van der Waals surface area contributed by atoms with Crippen molar-refractivity contribution in [3.8, 4) is 0 Å². The maximum Gasteiger partial charge on any atom is 1.00 e. The molecule has 70 heteroatoms. The van der Waals surface area contributed by atoms with Crippen LogP contribution in [-0.4, -0.2) is 307 Å². The van der Waals surface area contributed by atoms with Gasteiger partial charge in [0.2, 0.25) is 52.0 Å². The third-order valence-corrected chi connectivity index (χ3v) is 11.8. The topological polar surface area (TPSA) is 887 Å². The molecule has 0 aromatic rings. The number of aliphatic hydroxyl groups excluding tert-OH is 7. The summed E-state index contributed by atoms with van der Waals surface area (Å²) in [5, 5.41) is 86.2. The zero-order chi connectivity index (χ0) is 71.0. The van der Waals surface area contributed by atoms with Crippen molar-refractivity contribution in [1.82, 2.24) is 9.44 Å². The minimum absolute atomic E-state index is 0. The van der Waals surface area contributed by atoms with Crippen LogP contribution < -0.4 is 310 Å². The van der Waals surface area contributed by atoms with Crippen LogP contribution in [0.25, 0.3) is 0 Å². The van der Waals surface area contributed by atoms with Gasteiger partial charge in [-0.25, -0.2) is 83.8 Å². The van der Waals surface area contributed by atoms with Gasteiger partial charge in [0.05, 0.1) is 47.2 Å². The second kappa shape index (κ2) is 58.1. The Morgan fingerprint density at radius 1 is 0.500 bits per heavy atom.